The number of phenolic OH excluding ortho intramolecular Hbond substituents is 1. The molecule has 1 heterocycles. The van der Waals surface area contributed by atoms with Crippen LogP contribution in [0.4, 0.5) is 0 Å². The second kappa shape index (κ2) is 11.0. The number of aliphatic hydroxyl groups excluding tert-OH is 2. The van der Waals surface area contributed by atoms with E-state index in [2.05, 4.69) is 0 Å². The number of rotatable bonds is 9. The van der Waals surface area contributed by atoms with Crippen molar-refractivity contribution in [2.45, 2.75) is 51.1 Å². The first-order valence-electron chi connectivity index (χ1n) is 11.4. The molecular formula is C25H32O9. The summed E-state index contributed by atoms with van der Waals surface area (Å²) < 4.78 is 16.5. The zero-order valence-corrected chi connectivity index (χ0v) is 19.3. The molecule has 3 rings (SSSR count). The Balaban J connectivity index is 1.77. The highest BCUT2D eigenvalue weighted by molar-refractivity contribution is 5.87. The van der Waals surface area contributed by atoms with Crippen LogP contribution in [0.25, 0.3) is 6.08 Å². The van der Waals surface area contributed by atoms with Gasteiger partial charge in [-0.1, -0.05) is 32.4 Å². The number of aliphatic hydroxyl groups is 3. The van der Waals surface area contributed by atoms with E-state index in [9.17, 15) is 30.0 Å². The van der Waals surface area contributed by atoms with Crippen molar-refractivity contribution in [2.24, 2.45) is 17.8 Å². The third-order valence-electron chi connectivity index (χ3n) is 6.62. The average molecular weight is 477 g/mol. The molecule has 0 radical (unpaired) electrons. The quantitative estimate of drug-likeness (QED) is 0.310. The van der Waals surface area contributed by atoms with Crippen LogP contribution >= 0.6 is 0 Å². The fraction of sp³-hybridized carbons (Fsp3) is 0.520. The lowest BCUT2D eigenvalue weighted by Crippen LogP contribution is -2.54. The van der Waals surface area contributed by atoms with Crippen LogP contribution in [0.15, 0.2) is 42.2 Å². The highest BCUT2D eigenvalue weighted by Crippen LogP contribution is 2.50. The number of hydrogen-bond acceptors (Lipinski definition) is 9. The molecule has 0 saturated heterocycles. The van der Waals surface area contributed by atoms with Crippen molar-refractivity contribution < 1.29 is 44.2 Å². The van der Waals surface area contributed by atoms with Gasteiger partial charge in [0.05, 0.1) is 25.4 Å². The minimum Gasteiger partial charge on any atom is -0.508 e. The summed E-state index contributed by atoms with van der Waals surface area (Å²) in [5.41, 5.74) is -0.855. The first-order valence-corrected chi connectivity index (χ1v) is 11.4. The van der Waals surface area contributed by atoms with E-state index in [1.165, 1.54) is 30.5 Å². The van der Waals surface area contributed by atoms with E-state index in [4.69, 9.17) is 14.2 Å². The molecule has 0 aromatic heterocycles. The number of fused-ring (bicyclic) bond motifs is 1. The van der Waals surface area contributed by atoms with Crippen molar-refractivity contribution >= 4 is 18.0 Å². The monoisotopic (exact) mass is 476 g/mol. The normalized spacial score (nSPS) is 29.1. The molecule has 1 saturated carbocycles. The minimum atomic E-state index is -1.96. The van der Waals surface area contributed by atoms with Crippen molar-refractivity contribution in [1.29, 1.82) is 0 Å². The summed E-state index contributed by atoms with van der Waals surface area (Å²) in [5, 5.41) is 40.6. The van der Waals surface area contributed by atoms with Gasteiger partial charge in [0.25, 0.3) is 0 Å². The molecule has 0 bridgehead atoms. The summed E-state index contributed by atoms with van der Waals surface area (Å²) in [6, 6.07) is 6.17. The van der Waals surface area contributed by atoms with E-state index in [0.717, 1.165) is 6.42 Å². The molecule has 1 aliphatic heterocycles. The Hall–Kier alpha value is -2.88. The number of ether oxygens (including phenoxy) is 3. The molecule has 4 N–H and O–H groups in total. The van der Waals surface area contributed by atoms with Crippen molar-refractivity contribution in [3.63, 3.8) is 0 Å². The second-order valence-corrected chi connectivity index (χ2v) is 8.93. The van der Waals surface area contributed by atoms with Crippen molar-refractivity contribution in [3.05, 3.63) is 47.7 Å². The summed E-state index contributed by atoms with van der Waals surface area (Å²) >= 11 is 0. The number of phenols is 1. The van der Waals surface area contributed by atoms with Gasteiger partial charge in [-0.2, -0.15) is 0 Å². The van der Waals surface area contributed by atoms with Crippen LogP contribution in [0.1, 0.15) is 38.7 Å². The highest BCUT2D eigenvalue weighted by atomic mass is 16.7. The highest BCUT2D eigenvalue weighted by Gasteiger charge is 2.62. The number of aromatic hydroxyl groups is 1. The molecule has 1 aliphatic carbocycles. The van der Waals surface area contributed by atoms with Crippen LogP contribution in [0.5, 0.6) is 5.75 Å². The Labute approximate surface area is 198 Å². The minimum absolute atomic E-state index is 0.0932. The van der Waals surface area contributed by atoms with Crippen LogP contribution in [0.2, 0.25) is 0 Å². The predicted octanol–water partition coefficient (Wildman–Crippen LogP) is 1.89. The Bertz CT molecular complexity index is 923. The Morgan fingerprint density at radius 1 is 1.24 bits per heavy atom. The second-order valence-electron chi connectivity index (χ2n) is 8.93. The first-order chi connectivity index (χ1) is 16.2. The van der Waals surface area contributed by atoms with Crippen molar-refractivity contribution in [1.82, 2.24) is 0 Å². The van der Waals surface area contributed by atoms with E-state index < -0.39 is 48.4 Å². The van der Waals surface area contributed by atoms with Crippen LogP contribution in [-0.4, -0.2) is 63.6 Å². The zero-order chi connectivity index (χ0) is 24.9. The van der Waals surface area contributed by atoms with Gasteiger partial charge < -0.3 is 34.6 Å². The van der Waals surface area contributed by atoms with E-state index >= 15 is 0 Å². The molecule has 2 aliphatic rings. The average Bonchev–Trinajstić information content (AvgIpc) is 3.11. The van der Waals surface area contributed by atoms with Gasteiger partial charge in [-0.05, 0) is 41.7 Å². The maximum atomic E-state index is 12.5. The van der Waals surface area contributed by atoms with Crippen molar-refractivity contribution in [3.8, 4) is 5.75 Å². The van der Waals surface area contributed by atoms with Gasteiger partial charge >= 0.3 is 11.9 Å². The van der Waals surface area contributed by atoms with E-state index in [1.54, 1.807) is 12.1 Å². The maximum absolute atomic E-state index is 12.5. The largest absolute Gasteiger partial charge is 0.508 e. The van der Waals surface area contributed by atoms with Gasteiger partial charge in [0.1, 0.15) is 17.5 Å². The van der Waals surface area contributed by atoms with Crippen LogP contribution in [0.3, 0.4) is 0 Å². The number of esters is 2. The fourth-order valence-electron chi connectivity index (χ4n) is 4.43. The third kappa shape index (κ3) is 5.60. The number of benzene rings is 1. The van der Waals surface area contributed by atoms with Gasteiger partial charge in [-0.3, -0.25) is 4.79 Å². The summed E-state index contributed by atoms with van der Waals surface area (Å²) in [7, 11) is 0. The molecule has 1 fully saturated rings. The molecule has 0 spiro atoms. The third-order valence-corrected chi connectivity index (χ3v) is 6.62. The fourth-order valence-corrected chi connectivity index (χ4v) is 4.43. The Kier molecular flexibility index (Phi) is 8.35. The molecule has 186 valence electrons. The molecule has 34 heavy (non-hydrogen) atoms. The number of hydrogen-bond donors (Lipinski definition) is 4. The van der Waals surface area contributed by atoms with E-state index in [-0.39, 0.29) is 31.1 Å². The summed E-state index contributed by atoms with van der Waals surface area (Å²) in [4.78, 5) is 24.9. The Morgan fingerprint density at radius 2 is 1.94 bits per heavy atom. The first kappa shape index (κ1) is 25.7. The SMILES string of the molecule is CCC(C)CC(=O)O[C@@H]1OC=C(CO)[C@H]2C[C@H](OC(=O)/C=C/c3ccc(O)cc3)[C@](O)(CO)[C@@H]12. The van der Waals surface area contributed by atoms with Crippen LogP contribution < -0.4 is 0 Å². The lowest BCUT2D eigenvalue weighted by atomic mass is 9.80. The lowest BCUT2D eigenvalue weighted by molar-refractivity contribution is -0.221. The Morgan fingerprint density at radius 3 is 2.56 bits per heavy atom. The van der Waals surface area contributed by atoms with Crippen LogP contribution in [0, 0.1) is 17.8 Å². The molecule has 1 aromatic carbocycles. The van der Waals surface area contributed by atoms with E-state index in [0.29, 0.717) is 11.1 Å². The van der Waals surface area contributed by atoms with Gasteiger partial charge in [0, 0.05) is 18.4 Å². The molecular weight excluding hydrogens is 444 g/mol. The molecule has 9 heteroatoms. The van der Waals surface area contributed by atoms with Gasteiger partial charge in [0.15, 0.2) is 0 Å². The number of carbonyl (C=O) groups excluding carboxylic acids is 2. The molecule has 6 atom stereocenters. The van der Waals surface area contributed by atoms with E-state index in [1.807, 2.05) is 13.8 Å². The summed E-state index contributed by atoms with van der Waals surface area (Å²) in [6.07, 6.45) is 2.70. The lowest BCUT2D eigenvalue weighted by Gasteiger charge is -2.39. The summed E-state index contributed by atoms with van der Waals surface area (Å²) in [6.45, 7) is 2.74. The molecule has 1 unspecified atom stereocenters. The standard InChI is InChI=1S/C25H32O9/c1-3-15(2)10-22(30)34-24-23-19(17(12-26)13-32-24)11-20(25(23,31)14-27)33-21(29)9-6-16-4-7-18(28)8-5-16/h4-9,13,15,19-20,23-24,26-28,31H,3,10-12,14H2,1-2H3/b9-6+/t15?,19-,20+,23-,24+,25-/m1/s1. The predicted molar refractivity (Wildman–Crippen MR) is 121 cm³/mol. The van der Waals surface area contributed by atoms with Crippen LogP contribution in [-0.2, 0) is 23.8 Å². The maximum Gasteiger partial charge on any atom is 0.331 e. The molecule has 9 nitrogen and oxygen atoms in total. The van der Waals surface area contributed by atoms with Gasteiger partial charge in [-0.25, -0.2) is 4.79 Å². The molecule has 0 amide bonds. The molecule has 1 aromatic rings. The zero-order valence-electron chi connectivity index (χ0n) is 19.3. The number of carbonyl (C=O) groups is 2. The van der Waals surface area contributed by atoms with Gasteiger partial charge in [0.2, 0.25) is 6.29 Å². The smallest absolute Gasteiger partial charge is 0.331 e. The topological polar surface area (TPSA) is 143 Å². The van der Waals surface area contributed by atoms with Crippen molar-refractivity contribution in [2.75, 3.05) is 13.2 Å². The van der Waals surface area contributed by atoms with Gasteiger partial charge in [-0.15, -0.1) is 0 Å². The summed E-state index contributed by atoms with van der Waals surface area (Å²) in [5.74, 6) is -2.53.